The lowest BCUT2D eigenvalue weighted by molar-refractivity contribution is 0.112. The molecule has 8 nitrogen and oxygen atoms in total. The number of carbonyl (C=O) groups excluding carboxylic acids is 1. The maximum absolute atomic E-state index is 13.5. The van der Waals surface area contributed by atoms with Gasteiger partial charge in [0.25, 0.3) is 0 Å². The quantitative estimate of drug-likeness (QED) is 0.728. The molecule has 4 heterocycles. The number of fused-ring (bicyclic) bond motifs is 1. The van der Waals surface area contributed by atoms with Gasteiger partial charge >= 0.3 is 0 Å². The second-order valence-electron chi connectivity index (χ2n) is 5.56. The van der Waals surface area contributed by atoms with Gasteiger partial charge in [0.2, 0.25) is 11.8 Å². The van der Waals surface area contributed by atoms with E-state index in [1.54, 1.807) is 0 Å². The monoisotopic (exact) mass is 328 g/mol. The van der Waals surface area contributed by atoms with Crippen LogP contribution in [0.1, 0.15) is 34.8 Å². The Balaban J connectivity index is 1.77. The zero-order valence-electron chi connectivity index (χ0n) is 12.5. The van der Waals surface area contributed by atoms with Gasteiger partial charge in [-0.25, -0.2) is 18.9 Å². The van der Waals surface area contributed by atoms with Crippen LogP contribution in [0, 0.1) is 5.82 Å². The highest BCUT2D eigenvalue weighted by Crippen LogP contribution is 2.37. The van der Waals surface area contributed by atoms with E-state index >= 15 is 0 Å². The lowest BCUT2D eigenvalue weighted by Gasteiger charge is -2.25. The Bertz CT molecular complexity index is 927. The molecular weight excluding hydrogens is 315 g/mol. The summed E-state index contributed by atoms with van der Waals surface area (Å²) in [6, 6.07) is 0.998. The van der Waals surface area contributed by atoms with Crippen LogP contribution in [0.4, 0.5) is 10.3 Å². The van der Waals surface area contributed by atoms with Gasteiger partial charge in [-0.05, 0) is 18.9 Å². The van der Waals surface area contributed by atoms with E-state index in [0.29, 0.717) is 42.0 Å². The normalized spacial score (nSPS) is 17.5. The highest BCUT2D eigenvalue weighted by Gasteiger charge is 2.31. The van der Waals surface area contributed by atoms with Gasteiger partial charge < -0.3 is 10.0 Å². The Morgan fingerprint density at radius 3 is 3.04 bits per heavy atom. The molecule has 1 aliphatic rings. The molecule has 3 aromatic heterocycles. The molecule has 0 radical (unpaired) electrons. The third-order valence-corrected chi connectivity index (χ3v) is 4.14. The van der Waals surface area contributed by atoms with Gasteiger partial charge in [-0.3, -0.25) is 4.79 Å². The van der Waals surface area contributed by atoms with Crippen LogP contribution in [0.2, 0.25) is 0 Å². The lowest BCUT2D eigenvalue weighted by atomic mass is 10.1. The lowest BCUT2D eigenvalue weighted by Crippen LogP contribution is -2.25. The number of carbonyl (C=O) groups is 1. The molecule has 1 unspecified atom stereocenters. The van der Waals surface area contributed by atoms with Crippen molar-refractivity contribution in [2.24, 2.45) is 0 Å². The van der Waals surface area contributed by atoms with Crippen LogP contribution >= 0.6 is 0 Å². The molecule has 1 saturated heterocycles. The number of halogens is 1. The first-order valence-electron chi connectivity index (χ1n) is 7.44. The van der Waals surface area contributed by atoms with Crippen LogP contribution < -0.4 is 4.90 Å². The largest absolute Gasteiger partial charge is 0.493 e. The second kappa shape index (κ2) is 5.52. The van der Waals surface area contributed by atoms with Crippen LogP contribution in [0.15, 0.2) is 24.8 Å². The predicted molar refractivity (Wildman–Crippen MR) is 81.4 cm³/mol. The van der Waals surface area contributed by atoms with E-state index < -0.39 is 5.82 Å². The summed E-state index contributed by atoms with van der Waals surface area (Å²) < 4.78 is 14.9. The average molecular weight is 328 g/mol. The van der Waals surface area contributed by atoms with Crippen molar-refractivity contribution in [2.45, 2.75) is 18.9 Å². The van der Waals surface area contributed by atoms with Crippen molar-refractivity contribution in [3.05, 3.63) is 41.7 Å². The van der Waals surface area contributed by atoms with Gasteiger partial charge in [0, 0.05) is 12.1 Å². The summed E-state index contributed by atoms with van der Waals surface area (Å²) in [6.07, 6.45) is 6.11. The number of aldehydes is 1. The van der Waals surface area contributed by atoms with Crippen molar-refractivity contribution in [3.63, 3.8) is 0 Å². The number of aromatic hydroxyl groups is 1. The van der Waals surface area contributed by atoms with Crippen LogP contribution in [-0.2, 0) is 0 Å². The molecule has 1 N–H and O–H groups in total. The maximum atomic E-state index is 13.5. The summed E-state index contributed by atoms with van der Waals surface area (Å²) >= 11 is 0. The van der Waals surface area contributed by atoms with Gasteiger partial charge in [0.05, 0.1) is 24.0 Å². The molecule has 24 heavy (non-hydrogen) atoms. The van der Waals surface area contributed by atoms with Crippen LogP contribution in [0.5, 0.6) is 5.88 Å². The molecule has 9 heteroatoms. The summed E-state index contributed by atoms with van der Waals surface area (Å²) in [6.45, 7) is 0.654. The van der Waals surface area contributed by atoms with Crippen molar-refractivity contribution in [2.75, 3.05) is 11.4 Å². The molecule has 0 spiro atoms. The van der Waals surface area contributed by atoms with Crippen molar-refractivity contribution < 1.29 is 14.3 Å². The van der Waals surface area contributed by atoms with Gasteiger partial charge in [-0.2, -0.15) is 10.1 Å². The highest BCUT2D eigenvalue weighted by atomic mass is 19.1. The zero-order valence-corrected chi connectivity index (χ0v) is 12.5. The number of aromatic nitrogens is 5. The van der Waals surface area contributed by atoms with Crippen molar-refractivity contribution in [3.8, 4) is 5.88 Å². The molecule has 1 fully saturated rings. The number of pyridine rings is 1. The molecule has 1 aliphatic heterocycles. The van der Waals surface area contributed by atoms with E-state index in [-0.39, 0.29) is 11.9 Å². The first-order chi connectivity index (χ1) is 11.7. The predicted octanol–water partition coefficient (Wildman–Crippen LogP) is 1.52. The molecule has 3 aromatic rings. The van der Waals surface area contributed by atoms with Gasteiger partial charge in [-0.15, -0.1) is 0 Å². The topological polar surface area (TPSA) is 96.5 Å². The summed E-state index contributed by atoms with van der Waals surface area (Å²) in [5.74, 6) is -0.311. The van der Waals surface area contributed by atoms with Gasteiger partial charge in [-0.1, -0.05) is 0 Å². The van der Waals surface area contributed by atoms with E-state index in [4.69, 9.17) is 0 Å². The molecule has 0 bridgehead atoms. The van der Waals surface area contributed by atoms with Gasteiger partial charge in [0.1, 0.15) is 12.1 Å². The summed E-state index contributed by atoms with van der Waals surface area (Å²) in [5.41, 5.74) is 1.17. The van der Waals surface area contributed by atoms with Crippen molar-refractivity contribution in [1.82, 2.24) is 24.6 Å². The summed E-state index contributed by atoms with van der Waals surface area (Å²) in [4.78, 5) is 25.3. The minimum atomic E-state index is -0.509. The minimum Gasteiger partial charge on any atom is -0.493 e. The van der Waals surface area contributed by atoms with Crippen molar-refractivity contribution in [1.29, 1.82) is 0 Å². The number of nitrogens with zero attached hydrogens (tertiary/aromatic N) is 6. The summed E-state index contributed by atoms with van der Waals surface area (Å²) in [7, 11) is 0. The molecule has 0 aromatic carbocycles. The first kappa shape index (κ1) is 14.5. The fraction of sp³-hybridized carbons (Fsp3) is 0.267. The van der Waals surface area contributed by atoms with E-state index in [1.165, 1.54) is 23.1 Å². The van der Waals surface area contributed by atoms with Crippen LogP contribution in [-0.4, -0.2) is 42.5 Å². The van der Waals surface area contributed by atoms with Crippen LogP contribution in [0.3, 0.4) is 0 Å². The third-order valence-electron chi connectivity index (χ3n) is 4.14. The molecule has 4 rings (SSSR count). The zero-order chi connectivity index (χ0) is 16.7. The molecule has 122 valence electrons. The Morgan fingerprint density at radius 2 is 2.21 bits per heavy atom. The standard InChI is InChI=1S/C15H13FN6O2/c16-10-4-11(14(24)17-6-10)12-2-1-3-21(12)15-18-8-22-13(20-15)9(7-23)5-19-22/h4-8,12H,1-3H2,(H,17,24). The Morgan fingerprint density at radius 1 is 1.33 bits per heavy atom. The average Bonchev–Trinajstić information content (AvgIpc) is 3.22. The molecule has 1 atom stereocenters. The van der Waals surface area contributed by atoms with Gasteiger partial charge in [0.15, 0.2) is 11.9 Å². The van der Waals surface area contributed by atoms with E-state index in [2.05, 4.69) is 20.1 Å². The molecule has 0 saturated carbocycles. The minimum absolute atomic E-state index is 0.202. The molecular formula is C15H13FN6O2. The van der Waals surface area contributed by atoms with Crippen molar-refractivity contribution >= 4 is 17.9 Å². The van der Waals surface area contributed by atoms with Crippen LogP contribution in [0.25, 0.3) is 5.65 Å². The van der Waals surface area contributed by atoms with E-state index in [0.717, 1.165) is 12.6 Å². The van der Waals surface area contributed by atoms with E-state index in [9.17, 15) is 14.3 Å². The smallest absolute Gasteiger partial charge is 0.229 e. The number of hydrogen-bond donors (Lipinski definition) is 1. The Labute approximate surface area is 135 Å². The Kier molecular flexibility index (Phi) is 3.33. The number of hydrogen-bond acceptors (Lipinski definition) is 7. The fourth-order valence-corrected chi connectivity index (χ4v) is 3.04. The second-order valence-corrected chi connectivity index (χ2v) is 5.56. The molecule has 0 aliphatic carbocycles. The Hall–Kier alpha value is -3.10. The fourth-order valence-electron chi connectivity index (χ4n) is 3.04. The molecule has 0 amide bonds. The SMILES string of the molecule is O=Cc1cnn2cnc(N3CCCC3c3cc(F)cnc3O)nc12. The van der Waals surface area contributed by atoms with E-state index in [1.807, 2.05) is 4.90 Å². The number of anilines is 1. The first-order valence-corrected chi connectivity index (χ1v) is 7.44. The highest BCUT2D eigenvalue weighted by molar-refractivity contribution is 5.83. The number of rotatable bonds is 3. The third kappa shape index (κ3) is 2.25. The summed E-state index contributed by atoms with van der Waals surface area (Å²) in [5, 5.41) is 14.0. The maximum Gasteiger partial charge on any atom is 0.229 e.